The largest absolute Gasteiger partial charge is 0.360 e. The summed E-state index contributed by atoms with van der Waals surface area (Å²) in [5, 5.41) is 6.72. The molecule has 6 heteroatoms. The van der Waals surface area contributed by atoms with Gasteiger partial charge < -0.3 is 9.84 Å². The molecule has 1 unspecified atom stereocenters. The molecule has 1 atom stereocenters. The van der Waals surface area contributed by atoms with Crippen molar-refractivity contribution in [1.29, 1.82) is 0 Å². The monoisotopic (exact) mass is 298 g/mol. The second kappa shape index (κ2) is 7.02. The molecule has 112 valence electrons. The highest BCUT2D eigenvalue weighted by Gasteiger charge is 2.20. The van der Waals surface area contributed by atoms with E-state index in [9.17, 15) is 9.00 Å². The lowest BCUT2D eigenvalue weighted by atomic mass is 9.87. The first-order valence-electron chi connectivity index (χ1n) is 7.09. The molecule has 0 saturated heterocycles. The van der Waals surface area contributed by atoms with Gasteiger partial charge in [0.25, 0.3) is 0 Å². The van der Waals surface area contributed by atoms with E-state index in [-0.39, 0.29) is 23.5 Å². The zero-order valence-corrected chi connectivity index (χ0v) is 12.9. The molecule has 0 radical (unpaired) electrons. The minimum absolute atomic E-state index is 0.0335. The number of hydrogen-bond acceptors (Lipinski definition) is 4. The lowest BCUT2D eigenvalue weighted by Gasteiger charge is -2.26. The standard InChI is InChI=1S/C14H22N2O3S/c1-10-3-5-12(6-4-10)15-14(17)9-20(18)8-13-7-11(2)16-19-13/h7,10,12H,3-6,8-9H2,1-2H3,(H,15,17). The lowest BCUT2D eigenvalue weighted by Crippen LogP contribution is -2.39. The summed E-state index contributed by atoms with van der Waals surface area (Å²) in [6, 6.07) is 2.00. The summed E-state index contributed by atoms with van der Waals surface area (Å²) in [5.74, 6) is 1.48. The second-order valence-corrected chi connectivity index (χ2v) is 7.14. The van der Waals surface area contributed by atoms with Gasteiger partial charge in [0.1, 0.15) is 11.5 Å². The van der Waals surface area contributed by atoms with Gasteiger partial charge in [0.15, 0.2) is 0 Å². The minimum Gasteiger partial charge on any atom is -0.360 e. The molecular weight excluding hydrogens is 276 g/mol. The fourth-order valence-electron chi connectivity index (χ4n) is 2.51. The maximum absolute atomic E-state index is 11.9. The van der Waals surface area contributed by atoms with Gasteiger partial charge in [-0.15, -0.1) is 0 Å². The highest BCUT2D eigenvalue weighted by Crippen LogP contribution is 2.23. The zero-order valence-electron chi connectivity index (χ0n) is 12.1. The Bertz CT molecular complexity index is 479. The van der Waals surface area contributed by atoms with Gasteiger partial charge in [0, 0.05) is 22.9 Å². The molecule has 20 heavy (non-hydrogen) atoms. The molecule has 1 aromatic heterocycles. The first-order chi connectivity index (χ1) is 9.52. The van der Waals surface area contributed by atoms with Gasteiger partial charge in [-0.05, 0) is 38.5 Å². The van der Waals surface area contributed by atoms with Gasteiger partial charge in [-0.25, -0.2) is 0 Å². The molecule has 0 bridgehead atoms. The van der Waals surface area contributed by atoms with Crippen molar-refractivity contribution < 1.29 is 13.5 Å². The predicted molar refractivity (Wildman–Crippen MR) is 77.5 cm³/mol. The Morgan fingerprint density at radius 3 is 2.75 bits per heavy atom. The van der Waals surface area contributed by atoms with Gasteiger partial charge >= 0.3 is 0 Å². The van der Waals surface area contributed by atoms with E-state index in [1.165, 1.54) is 0 Å². The summed E-state index contributed by atoms with van der Waals surface area (Å²) in [7, 11) is -1.24. The normalized spacial score (nSPS) is 24.3. The number of aromatic nitrogens is 1. The summed E-state index contributed by atoms with van der Waals surface area (Å²) in [6.45, 7) is 4.05. The number of nitrogens with one attached hydrogen (secondary N) is 1. The van der Waals surface area contributed by atoms with Gasteiger partial charge in [-0.1, -0.05) is 12.1 Å². The van der Waals surface area contributed by atoms with Crippen molar-refractivity contribution in [3.05, 3.63) is 17.5 Å². The average molecular weight is 298 g/mol. The summed E-state index contributed by atoms with van der Waals surface area (Å²) < 4.78 is 16.9. The SMILES string of the molecule is Cc1cc(CS(=O)CC(=O)NC2CCC(C)CC2)on1. The molecule has 1 amide bonds. The first-order valence-corrected chi connectivity index (χ1v) is 8.58. The molecule has 1 N–H and O–H groups in total. The van der Waals surface area contributed by atoms with Crippen molar-refractivity contribution in [3.8, 4) is 0 Å². The van der Waals surface area contributed by atoms with E-state index in [1.54, 1.807) is 6.07 Å². The van der Waals surface area contributed by atoms with Crippen LogP contribution in [0.2, 0.25) is 0 Å². The molecule has 1 saturated carbocycles. The first kappa shape index (κ1) is 15.2. The number of hydrogen-bond donors (Lipinski definition) is 1. The number of amides is 1. The van der Waals surface area contributed by atoms with Crippen molar-refractivity contribution in [2.45, 2.75) is 51.3 Å². The Kier molecular flexibility index (Phi) is 5.34. The quantitative estimate of drug-likeness (QED) is 0.901. The van der Waals surface area contributed by atoms with Gasteiger partial charge in [-0.2, -0.15) is 0 Å². The third kappa shape index (κ3) is 4.74. The fourth-order valence-corrected chi connectivity index (χ4v) is 3.45. The molecule has 1 aliphatic carbocycles. The Morgan fingerprint density at radius 2 is 2.15 bits per heavy atom. The number of aryl methyl sites for hydroxylation is 1. The molecule has 5 nitrogen and oxygen atoms in total. The summed E-state index contributed by atoms with van der Waals surface area (Å²) >= 11 is 0. The van der Waals surface area contributed by atoms with Crippen LogP contribution >= 0.6 is 0 Å². The molecule has 0 aromatic carbocycles. The van der Waals surface area contributed by atoms with Crippen molar-refractivity contribution in [2.75, 3.05) is 5.75 Å². The second-order valence-electron chi connectivity index (χ2n) is 5.69. The Labute approximate surface area is 121 Å². The molecule has 1 heterocycles. The van der Waals surface area contributed by atoms with E-state index in [0.717, 1.165) is 37.3 Å². The Balaban J connectivity index is 1.72. The minimum atomic E-state index is -1.24. The molecule has 2 rings (SSSR count). The fraction of sp³-hybridized carbons (Fsp3) is 0.714. The van der Waals surface area contributed by atoms with Crippen LogP contribution in [-0.2, 0) is 21.3 Å². The van der Waals surface area contributed by atoms with Gasteiger partial charge in [0.2, 0.25) is 5.91 Å². The van der Waals surface area contributed by atoms with E-state index < -0.39 is 10.8 Å². The van der Waals surface area contributed by atoms with E-state index in [1.807, 2.05) is 6.92 Å². The molecule has 1 aromatic rings. The molecule has 1 fully saturated rings. The van der Waals surface area contributed by atoms with Crippen LogP contribution in [0.15, 0.2) is 10.6 Å². The van der Waals surface area contributed by atoms with E-state index in [4.69, 9.17) is 4.52 Å². The van der Waals surface area contributed by atoms with Crippen LogP contribution < -0.4 is 5.32 Å². The summed E-state index contributed by atoms with van der Waals surface area (Å²) in [4.78, 5) is 11.8. The predicted octanol–water partition coefficient (Wildman–Crippen LogP) is 1.93. The van der Waals surface area contributed by atoms with Crippen LogP contribution in [0.5, 0.6) is 0 Å². The molecule has 0 spiro atoms. The van der Waals surface area contributed by atoms with Crippen LogP contribution in [0.25, 0.3) is 0 Å². The highest BCUT2D eigenvalue weighted by molar-refractivity contribution is 7.84. The van der Waals surface area contributed by atoms with Crippen LogP contribution in [0.3, 0.4) is 0 Å². The average Bonchev–Trinajstić information content (AvgIpc) is 2.77. The zero-order chi connectivity index (χ0) is 14.5. The van der Waals surface area contributed by atoms with E-state index in [0.29, 0.717) is 5.76 Å². The van der Waals surface area contributed by atoms with Gasteiger partial charge in [-0.3, -0.25) is 9.00 Å². The molecular formula is C14H22N2O3S. The summed E-state index contributed by atoms with van der Waals surface area (Å²) in [5.41, 5.74) is 0.762. The Morgan fingerprint density at radius 1 is 1.45 bits per heavy atom. The maximum atomic E-state index is 11.9. The lowest BCUT2D eigenvalue weighted by molar-refractivity contribution is -0.119. The van der Waals surface area contributed by atoms with Crippen molar-refractivity contribution in [3.63, 3.8) is 0 Å². The Hall–Kier alpha value is -1.17. The number of nitrogens with zero attached hydrogens (tertiary/aromatic N) is 1. The van der Waals surface area contributed by atoms with Crippen molar-refractivity contribution in [1.82, 2.24) is 10.5 Å². The third-order valence-corrected chi connectivity index (χ3v) is 4.84. The smallest absolute Gasteiger partial charge is 0.232 e. The van der Waals surface area contributed by atoms with Gasteiger partial charge in [0.05, 0.1) is 11.4 Å². The third-order valence-electron chi connectivity index (χ3n) is 3.65. The van der Waals surface area contributed by atoms with Crippen LogP contribution in [0, 0.1) is 12.8 Å². The number of carbonyl (C=O) groups is 1. The van der Waals surface area contributed by atoms with Crippen LogP contribution in [0.1, 0.15) is 44.1 Å². The molecule has 1 aliphatic rings. The van der Waals surface area contributed by atoms with Crippen LogP contribution in [-0.4, -0.2) is 27.1 Å². The van der Waals surface area contributed by atoms with E-state index in [2.05, 4.69) is 17.4 Å². The molecule has 0 aliphatic heterocycles. The number of rotatable bonds is 5. The maximum Gasteiger partial charge on any atom is 0.232 e. The van der Waals surface area contributed by atoms with E-state index >= 15 is 0 Å². The highest BCUT2D eigenvalue weighted by atomic mass is 32.2. The van der Waals surface area contributed by atoms with Crippen LogP contribution in [0.4, 0.5) is 0 Å². The summed E-state index contributed by atoms with van der Waals surface area (Å²) in [6.07, 6.45) is 4.37. The topological polar surface area (TPSA) is 72.2 Å². The van der Waals surface area contributed by atoms with Crippen molar-refractivity contribution >= 4 is 16.7 Å². The number of carbonyl (C=O) groups excluding carboxylic acids is 1. The van der Waals surface area contributed by atoms with Crippen molar-refractivity contribution in [2.24, 2.45) is 5.92 Å².